The monoisotopic (exact) mass is 607 g/mol. The number of carbonyl (C=O) groups excluding carboxylic acids is 1. The van der Waals surface area contributed by atoms with Gasteiger partial charge < -0.3 is 15.0 Å². The lowest BCUT2D eigenvalue weighted by Crippen LogP contribution is -2.48. The highest BCUT2D eigenvalue weighted by molar-refractivity contribution is 7.92. The Labute approximate surface area is 232 Å². The van der Waals surface area contributed by atoms with E-state index < -0.39 is 74.2 Å². The zero-order valence-electron chi connectivity index (χ0n) is 22.2. The number of ether oxygens (including phenoxy) is 1. The molecule has 2 aliphatic rings. The number of nitriles is 1. The molecule has 2 atom stereocenters. The Balaban J connectivity index is 1.73. The van der Waals surface area contributed by atoms with Gasteiger partial charge >= 0.3 is 12.4 Å². The summed E-state index contributed by atoms with van der Waals surface area (Å²) in [7, 11) is -4.79. The number of aromatic nitrogens is 2. The van der Waals surface area contributed by atoms with E-state index in [-0.39, 0.29) is 18.7 Å². The van der Waals surface area contributed by atoms with Crippen LogP contribution < -0.4 is 15.0 Å². The van der Waals surface area contributed by atoms with Crippen molar-refractivity contribution in [2.24, 2.45) is 0 Å². The molecule has 2 heterocycles. The number of alkyl halides is 6. The van der Waals surface area contributed by atoms with Crippen molar-refractivity contribution in [1.82, 2.24) is 15.1 Å². The van der Waals surface area contributed by atoms with Crippen molar-refractivity contribution in [3.05, 3.63) is 35.5 Å². The summed E-state index contributed by atoms with van der Waals surface area (Å²) in [5, 5.41) is 14.9. The molecule has 1 aromatic carbocycles. The number of hydrogen-bond donors (Lipinski definition) is 1. The number of aryl methyl sites for hydroxylation is 1. The van der Waals surface area contributed by atoms with Gasteiger partial charge in [0.2, 0.25) is 5.91 Å². The molecular weight excluding hydrogens is 580 g/mol. The van der Waals surface area contributed by atoms with E-state index in [1.54, 1.807) is 17.7 Å². The molecule has 1 aromatic heterocycles. The van der Waals surface area contributed by atoms with E-state index in [1.807, 2.05) is 19.9 Å². The first-order chi connectivity index (χ1) is 18.9. The van der Waals surface area contributed by atoms with E-state index in [0.29, 0.717) is 30.4 Å². The predicted octanol–water partition coefficient (Wildman–Crippen LogP) is 4.33. The van der Waals surface area contributed by atoms with Crippen molar-refractivity contribution in [1.29, 1.82) is 5.26 Å². The number of carbonyl (C=O) groups is 1. The number of halogens is 6. The fourth-order valence-electron chi connectivity index (χ4n) is 4.74. The summed E-state index contributed by atoms with van der Waals surface area (Å²) in [6.07, 6.45) is -9.65. The lowest BCUT2D eigenvalue weighted by atomic mass is 10.1. The largest absolute Gasteiger partial charge is 0.484 e. The van der Waals surface area contributed by atoms with Crippen molar-refractivity contribution < 1.29 is 44.3 Å². The first-order valence-electron chi connectivity index (χ1n) is 12.6. The number of benzene rings is 1. The lowest BCUT2D eigenvalue weighted by Gasteiger charge is -2.28. The first kappa shape index (κ1) is 30.5. The smallest absolute Gasteiger partial charge is 0.422 e. The van der Waals surface area contributed by atoms with Crippen LogP contribution >= 0.6 is 0 Å². The van der Waals surface area contributed by atoms with Crippen molar-refractivity contribution in [2.75, 3.05) is 18.1 Å². The number of hydrogen-bond acceptors (Lipinski definition) is 7. The highest BCUT2D eigenvalue weighted by Crippen LogP contribution is 2.41. The summed E-state index contributed by atoms with van der Waals surface area (Å²) < 4.78 is 113. The molecular formula is C25H27F6N5O4S. The van der Waals surface area contributed by atoms with Gasteiger partial charge in [0.25, 0.3) is 0 Å². The van der Waals surface area contributed by atoms with Crippen molar-refractivity contribution in [2.45, 2.75) is 80.2 Å². The highest BCUT2D eigenvalue weighted by Gasteiger charge is 2.51. The van der Waals surface area contributed by atoms with Gasteiger partial charge in [-0.1, -0.05) is 0 Å². The van der Waals surface area contributed by atoms with E-state index in [0.717, 1.165) is 6.07 Å². The molecule has 41 heavy (non-hydrogen) atoms. The molecule has 0 bridgehead atoms. The zero-order chi connectivity index (χ0) is 30.5. The number of nitrogens with zero attached hydrogens (tertiary/aromatic N) is 4. The number of amides is 1. The van der Waals surface area contributed by atoms with Crippen LogP contribution in [0.3, 0.4) is 0 Å². The molecule has 4 rings (SSSR count). The van der Waals surface area contributed by atoms with Gasteiger partial charge in [0.05, 0.1) is 27.5 Å². The van der Waals surface area contributed by atoms with Crippen molar-refractivity contribution >= 4 is 21.6 Å². The van der Waals surface area contributed by atoms with Gasteiger partial charge in [-0.25, -0.2) is 13.1 Å². The molecule has 2 fully saturated rings. The van der Waals surface area contributed by atoms with Crippen LogP contribution in [0.1, 0.15) is 50.4 Å². The molecule has 1 N–H and O–H groups in total. The van der Waals surface area contributed by atoms with Crippen LogP contribution in [0.15, 0.2) is 29.2 Å². The summed E-state index contributed by atoms with van der Waals surface area (Å²) in [6, 6.07) is 3.79. The van der Waals surface area contributed by atoms with E-state index >= 15 is 0 Å². The van der Waals surface area contributed by atoms with Gasteiger partial charge in [-0.15, -0.1) is 0 Å². The molecule has 0 radical (unpaired) electrons. The second-order valence-electron chi connectivity index (χ2n) is 10.5. The molecule has 1 amide bonds. The van der Waals surface area contributed by atoms with Crippen LogP contribution in [0.4, 0.5) is 32.2 Å². The van der Waals surface area contributed by atoms with Crippen LogP contribution in [0, 0.1) is 18.3 Å². The Kier molecular flexibility index (Phi) is 7.74. The molecule has 1 aliphatic carbocycles. The minimum absolute atomic E-state index is 0.215. The number of rotatable bonds is 8. The molecule has 9 nitrogen and oxygen atoms in total. The van der Waals surface area contributed by atoms with E-state index in [4.69, 9.17) is 0 Å². The van der Waals surface area contributed by atoms with Crippen LogP contribution in [-0.2, 0) is 20.8 Å². The lowest BCUT2D eigenvalue weighted by molar-refractivity contribution is -0.153. The third-order valence-electron chi connectivity index (χ3n) is 6.92. The van der Waals surface area contributed by atoms with Crippen molar-refractivity contribution in [3.63, 3.8) is 0 Å². The maximum atomic E-state index is 14.0. The van der Waals surface area contributed by atoms with E-state index in [2.05, 4.69) is 15.2 Å². The average molecular weight is 608 g/mol. The normalized spacial score (nSPS) is 20.7. The number of anilines is 1. The molecule has 1 saturated carbocycles. The van der Waals surface area contributed by atoms with E-state index in [9.17, 15) is 44.8 Å². The Hall–Kier alpha value is -3.48. The van der Waals surface area contributed by atoms with Gasteiger partial charge in [0, 0.05) is 18.7 Å². The topological polar surface area (TPSA) is 117 Å². The SMILES string of the molecule is Cc1cc(N2C[C@H](S(=O)(=O)c3ccc(OCC(F)(F)F)cc3C(F)(F)F)C[C@H]2C(=O)NC2(C#N)CC2)n(C(C)C)n1. The summed E-state index contributed by atoms with van der Waals surface area (Å²) in [5.41, 5.74) is -2.20. The fraction of sp³-hybridized carbons (Fsp3) is 0.560. The molecule has 1 aliphatic heterocycles. The molecule has 16 heteroatoms. The summed E-state index contributed by atoms with van der Waals surface area (Å²) in [4.78, 5) is 13.7. The maximum absolute atomic E-state index is 14.0. The van der Waals surface area contributed by atoms with Crippen LogP contribution in [-0.4, -0.2) is 60.3 Å². The Bertz CT molecular complexity index is 1470. The highest BCUT2D eigenvalue weighted by atomic mass is 32.2. The molecule has 0 spiro atoms. The standard InChI is InChI=1S/C25H27F6N5O4S/c1-14(2)36-21(8-15(3)34-36)35-11-17(10-19(35)22(37)33-23(12-32)6-7-23)41(38,39)20-5-4-16(40-13-24(26,27)28)9-18(20)25(29,30)31/h4-5,8-9,14,17,19H,6-7,10-11,13H2,1-3H3,(H,33,37)/t17-,19+/m1/s1. The molecule has 1 saturated heterocycles. The van der Waals surface area contributed by atoms with Gasteiger partial charge in [-0.05, 0) is 58.2 Å². The predicted molar refractivity (Wildman–Crippen MR) is 133 cm³/mol. The van der Waals surface area contributed by atoms with Gasteiger partial charge in [-0.3, -0.25) is 4.79 Å². The second-order valence-corrected chi connectivity index (χ2v) is 12.7. The van der Waals surface area contributed by atoms with Gasteiger partial charge in [0.15, 0.2) is 16.4 Å². The summed E-state index contributed by atoms with van der Waals surface area (Å²) >= 11 is 0. The summed E-state index contributed by atoms with van der Waals surface area (Å²) in [6.45, 7) is 3.07. The van der Waals surface area contributed by atoms with Crippen LogP contribution in [0.25, 0.3) is 0 Å². The molecule has 0 unspecified atom stereocenters. The minimum atomic E-state index is -5.24. The summed E-state index contributed by atoms with van der Waals surface area (Å²) in [5.74, 6) is -1.08. The van der Waals surface area contributed by atoms with Crippen LogP contribution in [0.5, 0.6) is 5.75 Å². The van der Waals surface area contributed by atoms with Crippen LogP contribution in [0.2, 0.25) is 0 Å². The Morgan fingerprint density at radius 3 is 2.41 bits per heavy atom. The van der Waals surface area contributed by atoms with Crippen molar-refractivity contribution in [3.8, 4) is 11.8 Å². The number of nitrogens with one attached hydrogen (secondary N) is 1. The minimum Gasteiger partial charge on any atom is -0.484 e. The third kappa shape index (κ3) is 6.39. The fourth-order valence-corrected chi connectivity index (χ4v) is 6.63. The maximum Gasteiger partial charge on any atom is 0.422 e. The Morgan fingerprint density at radius 1 is 1.22 bits per heavy atom. The number of sulfone groups is 1. The zero-order valence-corrected chi connectivity index (χ0v) is 23.0. The van der Waals surface area contributed by atoms with Gasteiger partial charge in [-0.2, -0.15) is 36.7 Å². The molecule has 2 aromatic rings. The molecule has 224 valence electrons. The quantitative estimate of drug-likeness (QED) is 0.444. The van der Waals surface area contributed by atoms with Gasteiger partial charge in [0.1, 0.15) is 23.1 Å². The average Bonchev–Trinajstić information content (AvgIpc) is 3.29. The first-order valence-corrected chi connectivity index (χ1v) is 14.1. The van der Waals surface area contributed by atoms with E-state index in [1.165, 1.54) is 4.90 Å². The second kappa shape index (κ2) is 10.4. The third-order valence-corrected chi connectivity index (χ3v) is 9.11. The Morgan fingerprint density at radius 2 is 1.88 bits per heavy atom.